The normalized spacial score (nSPS) is 25.2. The van der Waals surface area contributed by atoms with Gasteiger partial charge in [-0.25, -0.2) is 0 Å². The summed E-state index contributed by atoms with van der Waals surface area (Å²) in [5, 5.41) is 6.73. The van der Waals surface area contributed by atoms with Crippen molar-refractivity contribution < 1.29 is 14.3 Å². The summed E-state index contributed by atoms with van der Waals surface area (Å²) in [6.07, 6.45) is 3.54. The molecule has 0 radical (unpaired) electrons. The second kappa shape index (κ2) is 8.58. The van der Waals surface area contributed by atoms with Gasteiger partial charge in [-0.05, 0) is 62.4 Å². The highest BCUT2D eigenvalue weighted by molar-refractivity contribution is 5.97. The van der Waals surface area contributed by atoms with Crippen molar-refractivity contribution in [1.82, 2.24) is 15.5 Å². The Balaban J connectivity index is 1.51. The van der Waals surface area contributed by atoms with E-state index in [9.17, 15) is 9.59 Å². The molecule has 2 amide bonds. The topological polar surface area (TPSA) is 70.7 Å². The van der Waals surface area contributed by atoms with Crippen LogP contribution in [0.5, 0.6) is 5.75 Å². The largest absolute Gasteiger partial charge is 0.496 e. The molecular formula is C26H31N3O3. The first-order valence-electron chi connectivity index (χ1n) is 11.7. The van der Waals surface area contributed by atoms with Crippen molar-refractivity contribution in [2.45, 2.75) is 50.7 Å². The zero-order chi connectivity index (χ0) is 22.2. The van der Waals surface area contributed by atoms with E-state index in [2.05, 4.69) is 10.6 Å². The number of carbonyl (C=O) groups is 2. The molecule has 0 aliphatic carbocycles. The maximum absolute atomic E-state index is 13.5. The number of benzene rings is 2. The van der Waals surface area contributed by atoms with Gasteiger partial charge >= 0.3 is 0 Å². The Kier molecular flexibility index (Phi) is 5.64. The van der Waals surface area contributed by atoms with Gasteiger partial charge in [-0.1, -0.05) is 30.3 Å². The van der Waals surface area contributed by atoms with Crippen molar-refractivity contribution >= 4 is 11.8 Å². The molecule has 0 unspecified atom stereocenters. The highest BCUT2D eigenvalue weighted by atomic mass is 16.5. The number of amides is 2. The molecule has 2 N–H and O–H groups in total. The molecule has 5 rings (SSSR count). The lowest BCUT2D eigenvalue weighted by molar-refractivity contribution is -0.145. The number of methoxy groups -OCH3 is 1. The highest BCUT2D eigenvalue weighted by Gasteiger charge is 2.46. The van der Waals surface area contributed by atoms with Gasteiger partial charge in [0.05, 0.1) is 25.1 Å². The molecule has 6 heteroatoms. The van der Waals surface area contributed by atoms with Crippen LogP contribution in [0.4, 0.5) is 0 Å². The molecule has 0 bridgehead atoms. The monoisotopic (exact) mass is 433 g/mol. The number of hydrogen-bond donors (Lipinski definition) is 2. The summed E-state index contributed by atoms with van der Waals surface area (Å²) in [4.78, 5) is 28.8. The zero-order valence-electron chi connectivity index (χ0n) is 18.8. The van der Waals surface area contributed by atoms with Gasteiger partial charge in [0.25, 0.3) is 5.91 Å². The van der Waals surface area contributed by atoms with E-state index in [4.69, 9.17) is 4.74 Å². The lowest BCUT2D eigenvalue weighted by atomic mass is 9.75. The van der Waals surface area contributed by atoms with Gasteiger partial charge < -0.3 is 20.3 Å². The van der Waals surface area contributed by atoms with Crippen molar-refractivity contribution in [3.05, 3.63) is 64.7 Å². The van der Waals surface area contributed by atoms with E-state index >= 15 is 0 Å². The molecule has 2 aromatic carbocycles. The van der Waals surface area contributed by atoms with Crippen molar-refractivity contribution in [3.8, 4) is 5.75 Å². The second-order valence-corrected chi connectivity index (χ2v) is 9.16. The molecular weight excluding hydrogens is 402 g/mol. The van der Waals surface area contributed by atoms with Crippen molar-refractivity contribution in [3.63, 3.8) is 0 Å². The standard InChI is InChI=1S/C26H31N3O3/c1-16(17-7-4-3-5-8-17)28-25(30)20-10-11-23(32-2)19-12-14-29-22(24(19)20)15-21-18(26(29)31)9-6-13-27-21/h3-5,7-8,10-11,16,18,21-22,27H,6,9,12-15H2,1-2H3,(H,28,30)/t16-,18-,21-,22-/m1/s1. The Morgan fingerprint density at radius 1 is 1.22 bits per heavy atom. The maximum Gasteiger partial charge on any atom is 0.252 e. The van der Waals surface area contributed by atoms with Gasteiger partial charge in [0.15, 0.2) is 0 Å². The Bertz CT molecular complexity index is 1020. The fraction of sp³-hybridized carbons (Fsp3) is 0.462. The Hall–Kier alpha value is -2.86. The summed E-state index contributed by atoms with van der Waals surface area (Å²) in [7, 11) is 1.67. The molecule has 3 aliphatic heterocycles. The van der Waals surface area contributed by atoms with Crippen LogP contribution in [-0.4, -0.2) is 43.0 Å². The van der Waals surface area contributed by atoms with Crippen LogP contribution >= 0.6 is 0 Å². The third kappa shape index (κ3) is 3.56. The lowest BCUT2D eigenvalue weighted by Crippen LogP contribution is -2.58. The first-order valence-corrected chi connectivity index (χ1v) is 11.7. The van der Waals surface area contributed by atoms with Crippen LogP contribution in [0, 0.1) is 5.92 Å². The average molecular weight is 434 g/mol. The van der Waals surface area contributed by atoms with Crippen LogP contribution in [-0.2, 0) is 11.2 Å². The van der Waals surface area contributed by atoms with E-state index in [1.807, 2.05) is 54.3 Å². The van der Waals surface area contributed by atoms with Crippen LogP contribution in [0.2, 0.25) is 0 Å². The van der Waals surface area contributed by atoms with E-state index in [-0.39, 0.29) is 35.9 Å². The van der Waals surface area contributed by atoms with Crippen LogP contribution in [0.1, 0.15) is 65.3 Å². The van der Waals surface area contributed by atoms with E-state index in [0.29, 0.717) is 18.5 Å². The van der Waals surface area contributed by atoms with Crippen LogP contribution in [0.3, 0.4) is 0 Å². The summed E-state index contributed by atoms with van der Waals surface area (Å²) in [5.41, 5.74) is 3.75. The molecule has 2 saturated heterocycles. The summed E-state index contributed by atoms with van der Waals surface area (Å²) in [6, 6.07) is 13.7. The fourth-order valence-electron chi connectivity index (χ4n) is 5.77. The van der Waals surface area contributed by atoms with Crippen molar-refractivity contribution in [1.29, 1.82) is 0 Å². The molecule has 3 heterocycles. The van der Waals surface area contributed by atoms with Crippen LogP contribution in [0.15, 0.2) is 42.5 Å². The SMILES string of the molecule is COc1ccc(C(=O)N[C@H](C)c2ccccc2)c2c1CCN1C(=O)[C@@H]3CCCN[C@@H]3C[C@H]21. The predicted octanol–water partition coefficient (Wildman–Crippen LogP) is 3.38. The number of nitrogens with one attached hydrogen (secondary N) is 2. The number of rotatable bonds is 4. The lowest BCUT2D eigenvalue weighted by Gasteiger charge is -2.49. The van der Waals surface area contributed by atoms with Crippen molar-refractivity contribution in [2.75, 3.05) is 20.2 Å². The van der Waals surface area contributed by atoms with E-state index in [1.54, 1.807) is 7.11 Å². The molecule has 0 saturated carbocycles. The molecule has 168 valence electrons. The molecule has 32 heavy (non-hydrogen) atoms. The van der Waals surface area contributed by atoms with Gasteiger partial charge in [-0.2, -0.15) is 0 Å². The van der Waals surface area contributed by atoms with E-state index in [0.717, 1.165) is 48.2 Å². The predicted molar refractivity (Wildman–Crippen MR) is 123 cm³/mol. The summed E-state index contributed by atoms with van der Waals surface area (Å²) >= 11 is 0. The summed E-state index contributed by atoms with van der Waals surface area (Å²) in [6.45, 7) is 3.63. The smallest absolute Gasteiger partial charge is 0.252 e. The zero-order valence-corrected chi connectivity index (χ0v) is 18.8. The molecule has 4 atom stereocenters. The molecule has 3 aliphatic rings. The summed E-state index contributed by atoms with van der Waals surface area (Å²) < 4.78 is 5.66. The number of ether oxygens (including phenoxy) is 1. The Morgan fingerprint density at radius 2 is 2.03 bits per heavy atom. The second-order valence-electron chi connectivity index (χ2n) is 9.16. The number of piperidine rings is 2. The highest BCUT2D eigenvalue weighted by Crippen LogP contribution is 2.45. The van der Waals surface area contributed by atoms with Gasteiger partial charge in [-0.3, -0.25) is 9.59 Å². The number of fused-ring (bicyclic) bond motifs is 4. The summed E-state index contributed by atoms with van der Waals surface area (Å²) in [5.74, 6) is 0.991. The maximum atomic E-state index is 13.5. The molecule has 6 nitrogen and oxygen atoms in total. The van der Waals surface area contributed by atoms with Crippen LogP contribution in [0.25, 0.3) is 0 Å². The molecule has 2 fully saturated rings. The quantitative estimate of drug-likeness (QED) is 0.776. The number of carbonyl (C=O) groups excluding carboxylic acids is 2. The van der Waals surface area contributed by atoms with E-state index in [1.165, 1.54) is 0 Å². The van der Waals surface area contributed by atoms with Crippen LogP contribution < -0.4 is 15.4 Å². The van der Waals surface area contributed by atoms with Gasteiger partial charge in [-0.15, -0.1) is 0 Å². The number of hydrogen-bond acceptors (Lipinski definition) is 4. The third-order valence-corrected chi connectivity index (χ3v) is 7.40. The van der Waals surface area contributed by atoms with Crippen molar-refractivity contribution in [2.24, 2.45) is 5.92 Å². The number of nitrogens with zero attached hydrogens (tertiary/aromatic N) is 1. The molecule has 2 aromatic rings. The van der Waals surface area contributed by atoms with Gasteiger partial charge in [0.2, 0.25) is 5.91 Å². The Morgan fingerprint density at radius 3 is 2.81 bits per heavy atom. The fourth-order valence-corrected chi connectivity index (χ4v) is 5.77. The van der Waals surface area contributed by atoms with Gasteiger partial charge in [0.1, 0.15) is 5.75 Å². The minimum atomic E-state index is -0.112. The first-order chi connectivity index (χ1) is 15.6. The first kappa shape index (κ1) is 21.0. The Labute approximate surface area is 189 Å². The molecule has 0 aromatic heterocycles. The average Bonchev–Trinajstić information content (AvgIpc) is 2.83. The van der Waals surface area contributed by atoms with Gasteiger partial charge in [0, 0.05) is 23.7 Å². The third-order valence-electron chi connectivity index (χ3n) is 7.40. The minimum Gasteiger partial charge on any atom is -0.496 e. The minimum absolute atomic E-state index is 0.0579. The van der Waals surface area contributed by atoms with E-state index < -0.39 is 0 Å². The molecule has 0 spiro atoms.